The van der Waals surface area contributed by atoms with Gasteiger partial charge in [0.15, 0.2) is 0 Å². The lowest BCUT2D eigenvalue weighted by molar-refractivity contribution is 0.0579. The predicted octanol–water partition coefficient (Wildman–Crippen LogP) is 2.72. The van der Waals surface area contributed by atoms with Crippen LogP contribution in [0.25, 0.3) is 0 Å². The Balaban J connectivity index is 2.12. The first-order valence-electron chi connectivity index (χ1n) is 6.60. The summed E-state index contributed by atoms with van der Waals surface area (Å²) in [6.07, 6.45) is 2.39. The average Bonchev–Trinajstić information content (AvgIpc) is 2.38. The third kappa shape index (κ3) is 3.30. The number of likely N-dealkylation sites (N-methyl/N-ethyl adjacent to an activating group) is 1. The Kier molecular flexibility index (Phi) is 4.57. The van der Waals surface area contributed by atoms with Gasteiger partial charge >= 0.3 is 0 Å². The molecule has 1 aromatic carbocycles. The molecule has 0 aromatic heterocycles. The zero-order valence-corrected chi connectivity index (χ0v) is 10.9. The molecule has 94 valence electrons. The van der Waals surface area contributed by atoms with Gasteiger partial charge in [-0.25, -0.2) is 0 Å². The third-order valence-corrected chi connectivity index (χ3v) is 3.76. The maximum absolute atomic E-state index is 5.46. The van der Waals surface area contributed by atoms with Crippen LogP contribution in [0.5, 0.6) is 0 Å². The maximum atomic E-state index is 5.46. The topological polar surface area (TPSA) is 21.3 Å². The number of aryl methyl sites for hydroxylation is 1. The summed E-state index contributed by atoms with van der Waals surface area (Å²) in [7, 11) is 2.04. The van der Waals surface area contributed by atoms with Crippen LogP contribution in [-0.4, -0.2) is 26.8 Å². The van der Waals surface area contributed by atoms with Crippen molar-refractivity contribution in [3.63, 3.8) is 0 Å². The minimum atomic E-state index is 0.629. The van der Waals surface area contributed by atoms with Gasteiger partial charge in [-0.2, -0.15) is 0 Å². The molecule has 1 aliphatic heterocycles. The van der Waals surface area contributed by atoms with E-state index in [0.29, 0.717) is 5.92 Å². The molecule has 2 nitrogen and oxygen atoms in total. The number of ether oxygens (including phenoxy) is 1. The van der Waals surface area contributed by atoms with Gasteiger partial charge in [0, 0.05) is 19.8 Å². The van der Waals surface area contributed by atoms with Crippen molar-refractivity contribution in [1.82, 2.24) is 5.32 Å². The molecule has 0 aliphatic carbocycles. The molecule has 0 amide bonds. The standard InChI is InChI=1S/C15H23NO/c1-12-3-5-13(6-4-12)15(11-16-2)14-7-9-17-10-8-14/h3-6,14-16H,7-11H2,1-2H3. The van der Waals surface area contributed by atoms with E-state index in [-0.39, 0.29) is 0 Å². The molecule has 2 rings (SSSR count). The van der Waals surface area contributed by atoms with Crippen molar-refractivity contribution >= 4 is 0 Å². The molecule has 1 saturated heterocycles. The summed E-state index contributed by atoms with van der Waals surface area (Å²) in [6.45, 7) is 5.06. The number of hydrogen-bond acceptors (Lipinski definition) is 2. The molecule has 1 atom stereocenters. The first-order chi connectivity index (χ1) is 8.31. The van der Waals surface area contributed by atoms with Crippen molar-refractivity contribution in [3.8, 4) is 0 Å². The van der Waals surface area contributed by atoms with Crippen LogP contribution >= 0.6 is 0 Å². The molecule has 0 radical (unpaired) electrons. The van der Waals surface area contributed by atoms with Crippen LogP contribution in [-0.2, 0) is 4.74 Å². The Hall–Kier alpha value is -0.860. The second kappa shape index (κ2) is 6.18. The summed E-state index contributed by atoms with van der Waals surface area (Å²) in [5, 5.41) is 3.34. The largest absolute Gasteiger partial charge is 0.381 e. The highest BCUT2D eigenvalue weighted by Crippen LogP contribution is 2.31. The zero-order chi connectivity index (χ0) is 12.1. The van der Waals surface area contributed by atoms with Gasteiger partial charge in [-0.3, -0.25) is 0 Å². The Bertz CT molecular complexity index is 327. The van der Waals surface area contributed by atoms with Crippen molar-refractivity contribution in [1.29, 1.82) is 0 Å². The smallest absolute Gasteiger partial charge is 0.0468 e. The van der Waals surface area contributed by atoms with Crippen LogP contribution in [0.3, 0.4) is 0 Å². The molecule has 1 fully saturated rings. The highest BCUT2D eigenvalue weighted by Gasteiger charge is 2.24. The van der Waals surface area contributed by atoms with E-state index >= 15 is 0 Å². The van der Waals surface area contributed by atoms with Gasteiger partial charge in [-0.1, -0.05) is 29.8 Å². The van der Waals surface area contributed by atoms with Gasteiger partial charge in [0.05, 0.1) is 0 Å². The highest BCUT2D eigenvalue weighted by atomic mass is 16.5. The van der Waals surface area contributed by atoms with Crippen LogP contribution in [0.4, 0.5) is 0 Å². The summed E-state index contributed by atoms with van der Waals surface area (Å²) in [5.41, 5.74) is 2.81. The lowest BCUT2D eigenvalue weighted by Crippen LogP contribution is -2.28. The van der Waals surface area contributed by atoms with E-state index in [1.54, 1.807) is 0 Å². The summed E-state index contributed by atoms with van der Waals surface area (Å²) in [4.78, 5) is 0. The van der Waals surface area contributed by atoms with Crippen LogP contribution in [0.2, 0.25) is 0 Å². The Labute approximate surface area is 104 Å². The second-order valence-corrected chi connectivity index (χ2v) is 5.02. The normalized spacial score (nSPS) is 19.2. The van der Waals surface area contributed by atoms with Crippen molar-refractivity contribution in [2.75, 3.05) is 26.8 Å². The lowest BCUT2D eigenvalue weighted by Gasteiger charge is -2.30. The molecule has 2 heteroatoms. The maximum Gasteiger partial charge on any atom is 0.0468 e. The van der Waals surface area contributed by atoms with Crippen LogP contribution in [0, 0.1) is 12.8 Å². The van der Waals surface area contributed by atoms with Crippen molar-refractivity contribution in [2.45, 2.75) is 25.7 Å². The van der Waals surface area contributed by atoms with E-state index in [1.165, 1.54) is 24.0 Å². The van der Waals surface area contributed by atoms with E-state index in [4.69, 9.17) is 4.74 Å². The number of benzene rings is 1. The van der Waals surface area contributed by atoms with Gasteiger partial charge in [-0.15, -0.1) is 0 Å². The monoisotopic (exact) mass is 233 g/mol. The second-order valence-electron chi connectivity index (χ2n) is 5.02. The molecule has 1 unspecified atom stereocenters. The van der Waals surface area contributed by atoms with Gasteiger partial charge in [0.2, 0.25) is 0 Å². The molecule has 17 heavy (non-hydrogen) atoms. The zero-order valence-electron chi connectivity index (χ0n) is 10.9. The highest BCUT2D eigenvalue weighted by molar-refractivity contribution is 5.25. The summed E-state index contributed by atoms with van der Waals surface area (Å²) in [6, 6.07) is 9.01. The van der Waals surface area contributed by atoms with E-state index in [9.17, 15) is 0 Å². The molecule has 0 spiro atoms. The predicted molar refractivity (Wildman–Crippen MR) is 71.4 cm³/mol. The van der Waals surface area contributed by atoms with Crippen molar-refractivity contribution < 1.29 is 4.74 Å². The van der Waals surface area contributed by atoms with Gasteiger partial charge in [0.25, 0.3) is 0 Å². The minimum absolute atomic E-state index is 0.629. The quantitative estimate of drug-likeness (QED) is 0.863. The van der Waals surface area contributed by atoms with Gasteiger partial charge in [-0.05, 0) is 44.2 Å². The Morgan fingerprint density at radius 1 is 1.24 bits per heavy atom. The molecule has 1 aliphatic rings. The van der Waals surface area contributed by atoms with Crippen molar-refractivity contribution in [3.05, 3.63) is 35.4 Å². The van der Waals surface area contributed by atoms with E-state index in [2.05, 4.69) is 36.5 Å². The van der Waals surface area contributed by atoms with Gasteiger partial charge < -0.3 is 10.1 Å². The van der Waals surface area contributed by atoms with Crippen LogP contribution in [0.15, 0.2) is 24.3 Å². The molecule has 1 heterocycles. The van der Waals surface area contributed by atoms with Crippen LogP contribution in [0.1, 0.15) is 29.9 Å². The molecule has 1 N–H and O–H groups in total. The Morgan fingerprint density at radius 2 is 1.88 bits per heavy atom. The summed E-state index contributed by atoms with van der Waals surface area (Å²) >= 11 is 0. The molecular formula is C15H23NO. The third-order valence-electron chi connectivity index (χ3n) is 3.76. The fourth-order valence-corrected chi connectivity index (χ4v) is 2.71. The van der Waals surface area contributed by atoms with Gasteiger partial charge in [0.1, 0.15) is 0 Å². The van der Waals surface area contributed by atoms with E-state index in [0.717, 1.165) is 25.7 Å². The van der Waals surface area contributed by atoms with E-state index in [1.807, 2.05) is 7.05 Å². The number of hydrogen-bond donors (Lipinski definition) is 1. The summed E-state index contributed by atoms with van der Waals surface area (Å²) < 4.78 is 5.46. The minimum Gasteiger partial charge on any atom is -0.381 e. The fourth-order valence-electron chi connectivity index (χ4n) is 2.71. The lowest BCUT2D eigenvalue weighted by atomic mass is 9.81. The summed E-state index contributed by atoms with van der Waals surface area (Å²) in [5.74, 6) is 1.39. The number of nitrogens with one attached hydrogen (secondary N) is 1. The molecule has 0 bridgehead atoms. The SMILES string of the molecule is CNCC(c1ccc(C)cc1)C1CCOCC1. The van der Waals surface area contributed by atoms with Crippen molar-refractivity contribution in [2.24, 2.45) is 5.92 Å². The molecular weight excluding hydrogens is 210 g/mol. The van der Waals surface area contributed by atoms with Crippen LogP contribution < -0.4 is 5.32 Å². The average molecular weight is 233 g/mol. The fraction of sp³-hybridized carbons (Fsp3) is 0.600. The first-order valence-corrected chi connectivity index (χ1v) is 6.60. The number of rotatable bonds is 4. The molecule has 1 aromatic rings. The van der Waals surface area contributed by atoms with E-state index < -0.39 is 0 Å². The first kappa shape index (κ1) is 12.6. The molecule has 0 saturated carbocycles. The Morgan fingerprint density at radius 3 is 2.47 bits per heavy atom.